The van der Waals surface area contributed by atoms with Crippen LogP contribution in [0.5, 0.6) is 0 Å². The van der Waals surface area contributed by atoms with Gasteiger partial charge >= 0.3 is 0 Å². The number of likely N-dealkylation sites (tertiary alicyclic amines) is 1. The van der Waals surface area contributed by atoms with Crippen LogP contribution < -0.4 is 10.6 Å². The van der Waals surface area contributed by atoms with Gasteiger partial charge < -0.3 is 15.4 Å². The summed E-state index contributed by atoms with van der Waals surface area (Å²) in [5.74, 6) is 1.60. The van der Waals surface area contributed by atoms with Crippen molar-refractivity contribution in [1.29, 1.82) is 0 Å². The van der Waals surface area contributed by atoms with Crippen molar-refractivity contribution in [2.24, 2.45) is 10.9 Å². The van der Waals surface area contributed by atoms with Crippen LogP contribution in [0.3, 0.4) is 0 Å². The molecular weight excluding hydrogens is 336 g/mol. The van der Waals surface area contributed by atoms with Crippen molar-refractivity contribution in [2.45, 2.75) is 52.2 Å². The summed E-state index contributed by atoms with van der Waals surface area (Å²) in [5.41, 5.74) is 1.40. The first kappa shape index (κ1) is 21.7. The minimum Gasteiger partial charge on any atom is -0.378 e. The number of nitrogens with one attached hydrogen (secondary N) is 2. The third kappa shape index (κ3) is 9.25. The lowest BCUT2D eigenvalue weighted by Gasteiger charge is -2.32. The van der Waals surface area contributed by atoms with E-state index in [4.69, 9.17) is 4.74 Å². The SMILES string of the molecule is CN=C(NCCCOC1CCN(Cc2ccccc2)CC1)NCCC(C)C. The number of hydrogen-bond donors (Lipinski definition) is 2. The van der Waals surface area contributed by atoms with Crippen molar-refractivity contribution in [3.8, 4) is 0 Å². The Morgan fingerprint density at radius 2 is 1.85 bits per heavy atom. The fourth-order valence-corrected chi connectivity index (χ4v) is 3.30. The lowest BCUT2D eigenvalue weighted by molar-refractivity contribution is 0.00534. The summed E-state index contributed by atoms with van der Waals surface area (Å²) >= 11 is 0. The zero-order valence-electron chi connectivity index (χ0n) is 17.4. The Hall–Kier alpha value is -1.59. The first-order valence-corrected chi connectivity index (χ1v) is 10.5. The highest BCUT2D eigenvalue weighted by atomic mass is 16.5. The third-order valence-corrected chi connectivity index (χ3v) is 4.99. The monoisotopic (exact) mass is 374 g/mol. The number of piperidine rings is 1. The van der Waals surface area contributed by atoms with Crippen molar-refractivity contribution in [2.75, 3.05) is 39.8 Å². The van der Waals surface area contributed by atoms with Crippen LogP contribution in [0.4, 0.5) is 0 Å². The van der Waals surface area contributed by atoms with E-state index < -0.39 is 0 Å². The summed E-state index contributed by atoms with van der Waals surface area (Å²) in [6.45, 7) is 10.5. The lowest BCUT2D eigenvalue weighted by atomic mass is 10.1. The van der Waals surface area contributed by atoms with Gasteiger partial charge in [-0.2, -0.15) is 0 Å². The fraction of sp³-hybridized carbons (Fsp3) is 0.682. The fourth-order valence-electron chi connectivity index (χ4n) is 3.30. The Bertz CT molecular complexity index is 524. The van der Waals surface area contributed by atoms with Gasteiger partial charge in [-0.15, -0.1) is 0 Å². The van der Waals surface area contributed by atoms with Crippen LogP contribution in [0.15, 0.2) is 35.3 Å². The lowest BCUT2D eigenvalue weighted by Crippen LogP contribution is -2.39. The Morgan fingerprint density at radius 1 is 1.15 bits per heavy atom. The van der Waals surface area contributed by atoms with E-state index in [1.54, 1.807) is 0 Å². The number of ether oxygens (including phenoxy) is 1. The van der Waals surface area contributed by atoms with Gasteiger partial charge in [0.2, 0.25) is 0 Å². The number of aliphatic imine (C=N–C) groups is 1. The second-order valence-corrected chi connectivity index (χ2v) is 7.79. The van der Waals surface area contributed by atoms with E-state index in [1.807, 2.05) is 7.05 Å². The molecule has 1 aromatic rings. The first-order valence-electron chi connectivity index (χ1n) is 10.5. The van der Waals surface area contributed by atoms with E-state index in [0.717, 1.165) is 71.0 Å². The molecule has 0 spiro atoms. The highest BCUT2D eigenvalue weighted by molar-refractivity contribution is 5.79. The van der Waals surface area contributed by atoms with Gasteiger partial charge in [-0.05, 0) is 37.2 Å². The predicted molar refractivity (Wildman–Crippen MR) is 114 cm³/mol. The average molecular weight is 375 g/mol. The molecule has 0 unspecified atom stereocenters. The highest BCUT2D eigenvalue weighted by Crippen LogP contribution is 2.16. The zero-order chi connectivity index (χ0) is 19.3. The zero-order valence-corrected chi connectivity index (χ0v) is 17.4. The number of benzene rings is 1. The molecule has 0 atom stereocenters. The highest BCUT2D eigenvalue weighted by Gasteiger charge is 2.19. The van der Waals surface area contributed by atoms with Gasteiger partial charge in [0, 0.05) is 46.4 Å². The molecule has 152 valence electrons. The van der Waals surface area contributed by atoms with Crippen molar-refractivity contribution in [3.05, 3.63) is 35.9 Å². The summed E-state index contributed by atoms with van der Waals surface area (Å²) in [5, 5.41) is 6.72. The topological polar surface area (TPSA) is 48.9 Å². The predicted octanol–water partition coefficient (Wildman–Crippen LogP) is 3.27. The van der Waals surface area contributed by atoms with Crippen molar-refractivity contribution >= 4 is 5.96 Å². The van der Waals surface area contributed by atoms with Gasteiger partial charge in [0.05, 0.1) is 6.10 Å². The maximum absolute atomic E-state index is 6.08. The van der Waals surface area contributed by atoms with Gasteiger partial charge in [0.1, 0.15) is 0 Å². The average Bonchev–Trinajstić information content (AvgIpc) is 2.68. The summed E-state index contributed by atoms with van der Waals surface area (Å²) in [7, 11) is 1.82. The van der Waals surface area contributed by atoms with Crippen LogP contribution in [0.1, 0.15) is 45.1 Å². The summed E-state index contributed by atoms with van der Waals surface area (Å²) in [4.78, 5) is 6.79. The van der Waals surface area contributed by atoms with Crippen LogP contribution in [0.25, 0.3) is 0 Å². The normalized spacial score (nSPS) is 16.7. The molecule has 1 aliphatic heterocycles. The third-order valence-electron chi connectivity index (χ3n) is 4.99. The van der Waals surface area contributed by atoms with Crippen molar-refractivity contribution in [1.82, 2.24) is 15.5 Å². The number of guanidine groups is 1. The van der Waals surface area contributed by atoms with E-state index in [1.165, 1.54) is 5.56 Å². The minimum absolute atomic E-state index is 0.417. The van der Waals surface area contributed by atoms with Crippen molar-refractivity contribution < 1.29 is 4.74 Å². The smallest absolute Gasteiger partial charge is 0.190 e. The maximum Gasteiger partial charge on any atom is 0.190 e. The van der Waals surface area contributed by atoms with E-state index in [9.17, 15) is 0 Å². The molecule has 1 heterocycles. The minimum atomic E-state index is 0.417. The molecule has 1 aliphatic rings. The Kier molecular flexibility index (Phi) is 10.2. The Balaban J connectivity index is 1.50. The molecule has 5 heteroatoms. The summed E-state index contributed by atoms with van der Waals surface area (Å²) in [6.07, 6.45) is 4.86. The van der Waals surface area contributed by atoms with Crippen molar-refractivity contribution in [3.63, 3.8) is 0 Å². The van der Waals surface area contributed by atoms with Gasteiger partial charge in [-0.25, -0.2) is 0 Å². The molecular formula is C22H38N4O. The molecule has 0 aliphatic carbocycles. The van der Waals surface area contributed by atoms with Crippen LogP contribution in [-0.4, -0.2) is 56.8 Å². The second kappa shape index (κ2) is 12.7. The molecule has 5 nitrogen and oxygen atoms in total. The molecule has 1 saturated heterocycles. The number of hydrogen-bond acceptors (Lipinski definition) is 3. The quantitative estimate of drug-likeness (QED) is 0.375. The van der Waals surface area contributed by atoms with Gasteiger partial charge in [-0.1, -0.05) is 44.2 Å². The maximum atomic E-state index is 6.08. The largest absolute Gasteiger partial charge is 0.378 e. The number of rotatable bonds is 10. The number of nitrogens with zero attached hydrogens (tertiary/aromatic N) is 2. The molecule has 0 amide bonds. The van der Waals surface area contributed by atoms with Gasteiger partial charge in [0.25, 0.3) is 0 Å². The first-order chi connectivity index (χ1) is 13.2. The van der Waals surface area contributed by atoms with Crippen LogP contribution in [-0.2, 0) is 11.3 Å². The summed E-state index contributed by atoms with van der Waals surface area (Å²) < 4.78 is 6.08. The van der Waals surface area contributed by atoms with E-state index >= 15 is 0 Å². The standard InChI is InChI=1S/C22H38N4O/c1-19(2)10-14-25-22(23-3)24-13-7-17-27-21-11-15-26(16-12-21)18-20-8-5-4-6-9-20/h4-6,8-9,19,21H,7,10-18H2,1-3H3,(H2,23,24,25). The Labute approximate surface area is 165 Å². The van der Waals surface area contributed by atoms with Gasteiger partial charge in [-0.3, -0.25) is 9.89 Å². The molecule has 1 aromatic carbocycles. The summed E-state index contributed by atoms with van der Waals surface area (Å²) in [6, 6.07) is 10.7. The van der Waals surface area contributed by atoms with E-state index in [-0.39, 0.29) is 0 Å². The van der Waals surface area contributed by atoms with Crippen LogP contribution >= 0.6 is 0 Å². The molecule has 0 aromatic heterocycles. The second-order valence-electron chi connectivity index (χ2n) is 7.79. The Morgan fingerprint density at radius 3 is 2.52 bits per heavy atom. The molecule has 0 bridgehead atoms. The molecule has 27 heavy (non-hydrogen) atoms. The van der Waals surface area contributed by atoms with E-state index in [0.29, 0.717) is 12.0 Å². The molecule has 0 saturated carbocycles. The molecule has 2 rings (SSSR count). The molecule has 0 radical (unpaired) electrons. The van der Waals surface area contributed by atoms with Crippen LogP contribution in [0.2, 0.25) is 0 Å². The molecule has 2 N–H and O–H groups in total. The van der Waals surface area contributed by atoms with Gasteiger partial charge in [0.15, 0.2) is 5.96 Å². The van der Waals surface area contributed by atoms with E-state index in [2.05, 4.69) is 64.7 Å². The molecule has 1 fully saturated rings. The van der Waals surface area contributed by atoms with Crippen LogP contribution in [0, 0.1) is 5.92 Å².